The molecule has 0 saturated heterocycles. The van der Waals surface area contributed by atoms with E-state index in [1.165, 1.54) is 7.11 Å². The van der Waals surface area contributed by atoms with E-state index in [0.717, 1.165) is 16.7 Å². The van der Waals surface area contributed by atoms with Crippen LogP contribution in [-0.2, 0) is 9.53 Å². The van der Waals surface area contributed by atoms with E-state index >= 15 is 0 Å². The van der Waals surface area contributed by atoms with E-state index in [1.807, 2.05) is 43.3 Å². The molecule has 2 rings (SSSR count). The van der Waals surface area contributed by atoms with Crippen LogP contribution in [0, 0.1) is 6.92 Å². The predicted octanol–water partition coefficient (Wildman–Crippen LogP) is 2.85. The Balaban J connectivity index is 2.62. The summed E-state index contributed by atoms with van der Waals surface area (Å²) in [4.78, 5) is 14.8. The normalized spacial score (nSPS) is 9.70. The first-order valence-corrected chi connectivity index (χ1v) is 6.14. The number of methoxy groups -OCH3 is 1. The number of nitrogens with zero attached hydrogens (tertiary/aromatic N) is 2. The summed E-state index contributed by atoms with van der Waals surface area (Å²) in [7, 11) is 1.25. The molecule has 4 nitrogen and oxygen atoms in total. The maximum atomic E-state index is 11.7. The van der Waals surface area contributed by atoms with Crippen molar-refractivity contribution in [3.63, 3.8) is 0 Å². The van der Waals surface area contributed by atoms with Crippen molar-refractivity contribution in [2.24, 2.45) is 0 Å². The first-order chi connectivity index (χ1) is 9.67. The third kappa shape index (κ3) is 2.66. The Morgan fingerprint density at radius 2 is 1.90 bits per heavy atom. The zero-order valence-electron chi connectivity index (χ0n) is 11.3. The molecule has 0 bridgehead atoms. The number of hydrogen-bond donors (Lipinski definition) is 0. The van der Waals surface area contributed by atoms with E-state index in [1.54, 1.807) is 12.1 Å². The molecule has 0 amide bonds. The van der Waals surface area contributed by atoms with Crippen molar-refractivity contribution in [3.05, 3.63) is 65.2 Å². The van der Waals surface area contributed by atoms with Gasteiger partial charge in [-0.05, 0) is 24.1 Å². The molecule has 0 atom stereocenters. The summed E-state index contributed by atoms with van der Waals surface area (Å²) in [6.07, 6.45) is 0. The molecule has 0 unspecified atom stereocenters. The van der Waals surface area contributed by atoms with E-state index in [0.29, 0.717) is 5.56 Å². The highest BCUT2D eigenvalue weighted by atomic mass is 16.5. The van der Waals surface area contributed by atoms with Crippen molar-refractivity contribution in [2.75, 3.05) is 7.11 Å². The highest BCUT2D eigenvalue weighted by Gasteiger charge is 2.26. The molecule has 4 heteroatoms. The summed E-state index contributed by atoms with van der Waals surface area (Å²) >= 11 is 0. The molecule has 20 heavy (non-hydrogen) atoms. The minimum atomic E-state index is -0.674. The Kier molecular flexibility index (Phi) is 4.08. The first-order valence-electron chi connectivity index (χ1n) is 6.14. The number of hydrogen-bond acceptors (Lipinski definition) is 2. The van der Waals surface area contributed by atoms with Gasteiger partial charge >= 0.3 is 11.7 Å². The van der Waals surface area contributed by atoms with Gasteiger partial charge in [-0.1, -0.05) is 48.0 Å². The van der Waals surface area contributed by atoms with Crippen LogP contribution in [0.15, 0.2) is 48.5 Å². The Hall–Kier alpha value is -2.71. The van der Waals surface area contributed by atoms with Gasteiger partial charge in [0, 0.05) is 0 Å². The maximum Gasteiger partial charge on any atom is 0.422 e. The van der Waals surface area contributed by atoms with Gasteiger partial charge in [-0.25, -0.2) is 4.79 Å². The molecule has 100 valence electrons. The minimum absolute atomic E-state index is 0.107. The fourth-order valence-corrected chi connectivity index (χ4v) is 2.06. The van der Waals surface area contributed by atoms with Crippen molar-refractivity contribution in [1.29, 1.82) is 0 Å². The summed E-state index contributed by atoms with van der Waals surface area (Å²) < 4.78 is 4.64. The van der Waals surface area contributed by atoms with Gasteiger partial charge in [0.05, 0.1) is 12.7 Å². The SMILES string of the molecule is COC(=O)C(=[N+]=[N-])c1ccccc1-c1cccc(C)c1. The lowest BCUT2D eigenvalue weighted by atomic mass is 9.95. The average Bonchev–Trinajstić information content (AvgIpc) is 2.48. The average molecular weight is 266 g/mol. The van der Waals surface area contributed by atoms with Crippen LogP contribution in [0.25, 0.3) is 16.7 Å². The van der Waals surface area contributed by atoms with Gasteiger partial charge in [0.1, 0.15) is 0 Å². The Morgan fingerprint density at radius 3 is 2.55 bits per heavy atom. The van der Waals surface area contributed by atoms with Crippen LogP contribution in [0.3, 0.4) is 0 Å². The summed E-state index contributed by atoms with van der Waals surface area (Å²) in [6.45, 7) is 1.99. The number of benzene rings is 2. The second-order valence-corrected chi connectivity index (χ2v) is 4.36. The van der Waals surface area contributed by atoms with E-state index in [2.05, 4.69) is 9.53 Å². The largest absolute Gasteiger partial charge is 0.460 e. The van der Waals surface area contributed by atoms with Crippen molar-refractivity contribution in [3.8, 4) is 11.1 Å². The Bertz CT molecular complexity index is 701. The minimum Gasteiger partial charge on any atom is -0.460 e. The van der Waals surface area contributed by atoms with Gasteiger partial charge in [-0.2, -0.15) is 4.79 Å². The fourth-order valence-electron chi connectivity index (χ4n) is 2.06. The standard InChI is InChI=1S/C16H14N2O2/c1-11-6-5-7-12(10-11)13-8-3-4-9-14(13)15(18-17)16(19)20-2/h3-10H,1-2H3. The van der Waals surface area contributed by atoms with Crippen molar-refractivity contribution in [2.45, 2.75) is 6.92 Å². The molecule has 2 aromatic carbocycles. The monoisotopic (exact) mass is 266 g/mol. The summed E-state index contributed by atoms with van der Waals surface area (Å²) in [6, 6.07) is 15.1. The lowest BCUT2D eigenvalue weighted by Crippen LogP contribution is -2.19. The quantitative estimate of drug-likeness (QED) is 0.371. The summed E-state index contributed by atoms with van der Waals surface area (Å²) in [5.41, 5.74) is 12.4. The molecular weight excluding hydrogens is 252 g/mol. The van der Waals surface area contributed by atoms with Crippen LogP contribution >= 0.6 is 0 Å². The van der Waals surface area contributed by atoms with Crippen LogP contribution in [0.5, 0.6) is 0 Å². The van der Waals surface area contributed by atoms with Gasteiger partial charge < -0.3 is 10.3 Å². The van der Waals surface area contributed by atoms with E-state index in [9.17, 15) is 4.79 Å². The number of carbonyl (C=O) groups excluding carboxylic acids is 1. The number of ether oxygens (including phenoxy) is 1. The molecule has 0 heterocycles. The third-order valence-corrected chi connectivity index (χ3v) is 2.99. The molecule has 0 spiro atoms. The molecule has 0 aromatic heterocycles. The number of carbonyl (C=O) groups is 1. The molecule has 0 aliphatic carbocycles. The van der Waals surface area contributed by atoms with Crippen LogP contribution in [0.2, 0.25) is 0 Å². The lowest BCUT2D eigenvalue weighted by molar-refractivity contribution is -0.137. The Morgan fingerprint density at radius 1 is 1.15 bits per heavy atom. The second kappa shape index (κ2) is 5.95. The van der Waals surface area contributed by atoms with Crippen molar-refractivity contribution >= 4 is 11.7 Å². The van der Waals surface area contributed by atoms with Crippen molar-refractivity contribution in [1.82, 2.24) is 0 Å². The number of rotatable bonds is 3. The van der Waals surface area contributed by atoms with Gasteiger partial charge in [0.2, 0.25) is 0 Å². The molecule has 0 aliphatic heterocycles. The zero-order valence-corrected chi connectivity index (χ0v) is 11.3. The van der Waals surface area contributed by atoms with E-state index in [4.69, 9.17) is 5.53 Å². The van der Waals surface area contributed by atoms with Gasteiger partial charge in [-0.3, -0.25) is 0 Å². The number of aryl methyl sites for hydroxylation is 1. The van der Waals surface area contributed by atoms with Gasteiger partial charge in [0.15, 0.2) is 0 Å². The highest BCUT2D eigenvalue weighted by Crippen LogP contribution is 2.24. The van der Waals surface area contributed by atoms with Crippen LogP contribution in [0.4, 0.5) is 0 Å². The van der Waals surface area contributed by atoms with E-state index < -0.39 is 5.97 Å². The van der Waals surface area contributed by atoms with Crippen LogP contribution < -0.4 is 0 Å². The summed E-state index contributed by atoms with van der Waals surface area (Å²) in [5.74, 6) is -0.674. The van der Waals surface area contributed by atoms with Gasteiger partial charge in [0.25, 0.3) is 0 Å². The topological polar surface area (TPSA) is 62.7 Å². The molecule has 2 aromatic rings. The molecule has 0 N–H and O–H groups in total. The first kappa shape index (κ1) is 13.7. The zero-order chi connectivity index (χ0) is 14.5. The summed E-state index contributed by atoms with van der Waals surface area (Å²) in [5, 5.41) is 0. The third-order valence-electron chi connectivity index (χ3n) is 2.99. The van der Waals surface area contributed by atoms with Crippen LogP contribution in [-0.4, -0.2) is 23.6 Å². The second-order valence-electron chi connectivity index (χ2n) is 4.36. The highest BCUT2D eigenvalue weighted by molar-refractivity contribution is 6.42. The molecule has 0 radical (unpaired) electrons. The predicted molar refractivity (Wildman–Crippen MR) is 76.4 cm³/mol. The maximum absolute atomic E-state index is 11.7. The van der Waals surface area contributed by atoms with Crippen molar-refractivity contribution < 1.29 is 14.3 Å². The van der Waals surface area contributed by atoms with Gasteiger partial charge in [-0.15, -0.1) is 0 Å². The number of esters is 1. The fraction of sp³-hybridized carbons (Fsp3) is 0.125. The Labute approximate surface area is 117 Å². The van der Waals surface area contributed by atoms with E-state index in [-0.39, 0.29) is 5.71 Å². The molecule has 0 aliphatic rings. The molecular formula is C16H14N2O2. The lowest BCUT2D eigenvalue weighted by Gasteiger charge is -2.06. The van der Waals surface area contributed by atoms with Crippen LogP contribution in [0.1, 0.15) is 11.1 Å². The smallest absolute Gasteiger partial charge is 0.422 e. The molecule has 0 saturated carbocycles. The molecule has 0 fully saturated rings.